The molecule has 19 heavy (non-hydrogen) atoms. The Bertz CT molecular complexity index is 561. The van der Waals surface area contributed by atoms with Crippen molar-refractivity contribution in [1.82, 2.24) is 10.3 Å². The number of nitrogens with one attached hydrogen (secondary N) is 2. The SMILES string of the molecule is CC(=O)Nc1ccc(C(=O)NCc2cocn2)cc1. The van der Waals surface area contributed by atoms with Gasteiger partial charge in [0.1, 0.15) is 6.26 Å². The highest BCUT2D eigenvalue weighted by molar-refractivity contribution is 5.95. The van der Waals surface area contributed by atoms with Crippen LogP contribution in [0.2, 0.25) is 0 Å². The molecule has 6 heteroatoms. The molecule has 1 aromatic heterocycles. The fourth-order valence-corrected chi connectivity index (χ4v) is 1.51. The normalized spacial score (nSPS) is 9.95. The van der Waals surface area contributed by atoms with Crippen molar-refractivity contribution < 1.29 is 14.0 Å². The monoisotopic (exact) mass is 259 g/mol. The lowest BCUT2D eigenvalue weighted by atomic mass is 10.2. The van der Waals surface area contributed by atoms with E-state index in [1.165, 1.54) is 19.6 Å². The summed E-state index contributed by atoms with van der Waals surface area (Å²) in [5.74, 6) is -0.361. The molecule has 0 aliphatic heterocycles. The number of hydrogen-bond acceptors (Lipinski definition) is 4. The maximum atomic E-state index is 11.8. The molecule has 1 heterocycles. The van der Waals surface area contributed by atoms with E-state index in [0.29, 0.717) is 23.5 Å². The van der Waals surface area contributed by atoms with Crippen LogP contribution in [0.15, 0.2) is 41.3 Å². The summed E-state index contributed by atoms with van der Waals surface area (Å²) in [4.78, 5) is 26.6. The summed E-state index contributed by atoms with van der Waals surface area (Å²) in [7, 11) is 0. The second-order valence-corrected chi connectivity index (χ2v) is 3.92. The largest absolute Gasteiger partial charge is 0.451 e. The first-order valence-corrected chi connectivity index (χ1v) is 5.68. The number of carbonyl (C=O) groups is 2. The molecule has 2 rings (SSSR count). The van der Waals surface area contributed by atoms with Gasteiger partial charge in [0.25, 0.3) is 5.91 Å². The third-order valence-electron chi connectivity index (χ3n) is 2.38. The lowest BCUT2D eigenvalue weighted by molar-refractivity contribution is -0.114. The minimum absolute atomic E-state index is 0.150. The van der Waals surface area contributed by atoms with E-state index in [2.05, 4.69) is 15.6 Å². The maximum absolute atomic E-state index is 11.8. The van der Waals surface area contributed by atoms with Crippen molar-refractivity contribution in [2.45, 2.75) is 13.5 Å². The fourth-order valence-electron chi connectivity index (χ4n) is 1.51. The van der Waals surface area contributed by atoms with Gasteiger partial charge < -0.3 is 15.1 Å². The molecular weight excluding hydrogens is 246 g/mol. The van der Waals surface area contributed by atoms with Crippen LogP contribution in [-0.2, 0) is 11.3 Å². The van der Waals surface area contributed by atoms with E-state index in [1.807, 2.05) is 0 Å². The van der Waals surface area contributed by atoms with E-state index in [4.69, 9.17) is 4.42 Å². The fraction of sp³-hybridized carbons (Fsp3) is 0.154. The van der Waals surface area contributed by atoms with E-state index >= 15 is 0 Å². The van der Waals surface area contributed by atoms with Gasteiger partial charge in [0, 0.05) is 18.2 Å². The number of anilines is 1. The van der Waals surface area contributed by atoms with Crippen molar-refractivity contribution >= 4 is 17.5 Å². The number of amides is 2. The van der Waals surface area contributed by atoms with Gasteiger partial charge in [0.05, 0.1) is 12.2 Å². The van der Waals surface area contributed by atoms with Crippen LogP contribution in [0.4, 0.5) is 5.69 Å². The third-order valence-corrected chi connectivity index (χ3v) is 2.38. The summed E-state index contributed by atoms with van der Waals surface area (Å²) < 4.78 is 4.80. The molecule has 2 amide bonds. The zero-order valence-corrected chi connectivity index (χ0v) is 10.3. The first-order chi connectivity index (χ1) is 9.15. The molecular formula is C13H13N3O3. The molecule has 2 N–H and O–H groups in total. The second kappa shape index (κ2) is 5.81. The average Bonchev–Trinajstić information content (AvgIpc) is 2.89. The van der Waals surface area contributed by atoms with Crippen LogP contribution in [0, 0.1) is 0 Å². The van der Waals surface area contributed by atoms with Crippen LogP contribution in [-0.4, -0.2) is 16.8 Å². The number of aromatic nitrogens is 1. The Morgan fingerprint density at radius 2 is 2.00 bits per heavy atom. The van der Waals surface area contributed by atoms with Gasteiger partial charge in [0.2, 0.25) is 5.91 Å². The number of carbonyl (C=O) groups excluding carboxylic acids is 2. The van der Waals surface area contributed by atoms with Crippen LogP contribution in [0.3, 0.4) is 0 Å². The number of hydrogen-bond donors (Lipinski definition) is 2. The smallest absolute Gasteiger partial charge is 0.251 e. The van der Waals surface area contributed by atoms with Gasteiger partial charge in [-0.25, -0.2) is 4.98 Å². The molecule has 0 spiro atoms. The van der Waals surface area contributed by atoms with Gasteiger partial charge in [-0.2, -0.15) is 0 Å². The Morgan fingerprint density at radius 1 is 1.26 bits per heavy atom. The van der Waals surface area contributed by atoms with Gasteiger partial charge in [-0.3, -0.25) is 9.59 Å². The standard InChI is InChI=1S/C13H13N3O3/c1-9(17)16-11-4-2-10(3-5-11)13(18)14-6-12-7-19-8-15-12/h2-5,7-8H,6H2,1H3,(H,14,18)(H,16,17). The predicted molar refractivity (Wildman–Crippen MR) is 68.4 cm³/mol. The van der Waals surface area contributed by atoms with Gasteiger partial charge >= 0.3 is 0 Å². The van der Waals surface area contributed by atoms with Gasteiger partial charge in [0.15, 0.2) is 6.39 Å². The van der Waals surface area contributed by atoms with Crippen LogP contribution in [0.1, 0.15) is 23.0 Å². The Morgan fingerprint density at radius 3 is 2.58 bits per heavy atom. The summed E-state index contributed by atoms with van der Waals surface area (Å²) in [6.07, 6.45) is 2.78. The minimum Gasteiger partial charge on any atom is -0.451 e. The predicted octanol–water partition coefficient (Wildman–Crippen LogP) is 1.56. The molecule has 0 bridgehead atoms. The molecule has 0 fully saturated rings. The lowest BCUT2D eigenvalue weighted by Gasteiger charge is -2.05. The van der Waals surface area contributed by atoms with E-state index in [0.717, 1.165) is 0 Å². The molecule has 1 aromatic carbocycles. The Balaban J connectivity index is 1.93. The van der Waals surface area contributed by atoms with E-state index < -0.39 is 0 Å². The summed E-state index contributed by atoms with van der Waals surface area (Å²) in [5, 5.41) is 5.35. The quantitative estimate of drug-likeness (QED) is 0.872. The number of benzene rings is 1. The number of oxazole rings is 1. The molecule has 6 nitrogen and oxygen atoms in total. The van der Waals surface area contributed by atoms with Crippen molar-refractivity contribution in [3.63, 3.8) is 0 Å². The zero-order chi connectivity index (χ0) is 13.7. The maximum Gasteiger partial charge on any atom is 0.251 e. The Hall–Kier alpha value is -2.63. The highest BCUT2D eigenvalue weighted by Gasteiger charge is 2.06. The highest BCUT2D eigenvalue weighted by atomic mass is 16.3. The molecule has 0 radical (unpaired) electrons. The van der Waals surface area contributed by atoms with Crippen molar-refractivity contribution in [2.24, 2.45) is 0 Å². The van der Waals surface area contributed by atoms with Gasteiger partial charge in [-0.1, -0.05) is 0 Å². The van der Waals surface area contributed by atoms with Crippen molar-refractivity contribution in [1.29, 1.82) is 0 Å². The Labute approximate surface area is 109 Å². The van der Waals surface area contributed by atoms with E-state index in [-0.39, 0.29) is 11.8 Å². The van der Waals surface area contributed by atoms with Crippen molar-refractivity contribution in [3.05, 3.63) is 48.2 Å². The topological polar surface area (TPSA) is 84.2 Å². The van der Waals surface area contributed by atoms with E-state index in [1.54, 1.807) is 24.3 Å². The van der Waals surface area contributed by atoms with Crippen molar-refractivity contribution in [2.75, 3.05) is 5.32 Å². The first kappa shape index (κ1) is 12.8. The molecule has 0 saturated carbocycles. The van der Waals surface area contributed by atoms with Crippen molar-refractivity contribution in [3.8, 4) is 0 Å². The zero-order valence-electron chi connectivity index (χ0n) is 10.3. The number of rotatable bonds is 4. The first-order valence-electron chi connectivity index (χ1n) is 5.68. The highest BCUT2D eigenvalue weighted by Crippen LogP contribution is 2.09. The molecule has 0 atom stereocenters. The summed E-state index contributed by atoms with van der Waals surface area (Å²) in [6.45, 7) is 1.74. The van der Waals surface area contributed by atoms with Crippen LogP contribution in [0.5, 0.6) is 0 Å². The molecule has 98 valence electrons. The second-order valence-electron chi connectivity index (χ2n) is 3.92. The summed E-state index contributed by atoms with van der Waals surface area (Å²) in [5.41, 5.74) is 1.82. The van der Waals surface area contributed by atoms with Gasteiger partial charge in [-0.05, 0) is 24.3 Å². The molecule has 0 saturated heterocycles. The third kappa shape index (κ3) is 3.67. The summed E-state index contributed by atoms with van der Waals surface area (Å²) in [6, 6.07) is 6.63. The van der Waals surface area contributed by atoms with Crippen LogP contribution < -0.4 is 10.6 Å². The lowest BCUT2D eigenvalue weighted by Crippen LogP contribution is -2.22. The van der Waals surface area contributed by atoms with Crippen LogP contribution >= 0.6 is 0 Å². The molecule has 0 aliphatic carbocycles. The van der Waals surface area contributed by atoms with Crippen LogP contribution in [0.25, 0.3) is 0 Å². The Kier molecular flexibility index (Phi) is 3.92. The molecule has 2 aromatic rings. The summed E-state index contributed by atoms with van der Waals surface area (Å²) >= 11 is 0. The van der Waals surface area contributed by atoms with E-state index in [9.17, 15) is 9.59 Å². The van der Waals surface area contributed by atoms with Gasteiger partial charge in [-0.15, -0.1) is 0 Å². The number of nitrogens with zero attached hydrogens (tertiary/aromatic N) is 1. The average molecular weight is 259 g/mol. The molecule has 0 aliphatic rings. The minimum atomic E-state index is -0.211. The molecule has 0 unspecified atom stereocenters.